The van der Waals surface area contributed by atoms with Crippen LogP contribution >= 0.6 is 0 Å². The van der Waals surface area contributed by atoms with Crippen LogP contribution in [-0.2, 0) is 30.5 Å². The number of benzene rings is 3. The molecule has 5 nitrogen and oxygen atoms in total. The fraction of sp³-hybridized carbons (Fsp3) is 0.179. The van der Waals surface area contributed by atoms with Gasteiger partial charge in [-0.3, -0.25) is 4.79 Å². The van der Waals surface area contributed by atoms with E-state index in [4.69, 9.17) is 15.7 Å². The maximum Gasteiger partial charge on any atom is 0.225 e. The van der Waals surface area contributed by atoms with Crippen molar-refractivity contribution >= 4 is 17.4 Å². The molecule has 5 heteroatoms. The van der Waals surface area contributed by atoms with Crippen LogP contribution in [0.2, 0.25) is 0 Å². The van der Waals surface area contributed by atoms with Crippen molar-refractivity contribution in [2.75, 3.05) is 11.1 Å². The molecule has 3 aromatic carbocycles. The molecule has 164 valence electrons. The second-order valence-electron chi connectivity index (χ2n) is 8.43. The molecular weight excluding hydrogens is 408 g/mol. The summed E-state index contributed by atoms with van der Waals surface area (Å²) in [5, 5.41) is 3.05. The smallest absolute Gasteiger partial charge is 0.225 e. The fourth-order valence-electron chi connectivity index (χ4n) is 4.31. The van der Waals surface area contributed by atoms with Crippen LogP contribution in [0.5, 0.6) is 0 Å². The number of carbonyl (C=O) groups is 1. The van der Waals surface area contributed by atoms with E-state index in [0.717, 1.165) is 52.3 Å². The van der Waals surface area contributed by atoms with E-state index in [1.165, 1.54) is 5.56 Å². The van der Waals surface area contributed by atoms with Crippen LogP contribution < -0.4 is 11.1 Å². The lowest BCUT2D eigenvalue weighted by molar-refractivity contribution is -0.116. The maximum absolute atomic E-state index is 12.8. The van der Waals surface area contributed by atoms with E-state index in [0.29, 0.717) is 25.1 Å². The number of aromatic nitrogens is 2. The molecule has 0 spiro atoms. The van der Waals surface area contributed by atoms with Gasteiger partial charge in [-0.25, -0.2) is 9.97 Å². The van der Waals surface area contributed by atoms with E-state index in [9.17, 15) is 4.79 Å². The number of nitrogens with zero attached hydrogens (tertiary/aromatic N) is 2. The summed E-state index contributed by atoms with van der Waals surface area (Å²) in [6.07, 6.45) is 3.32. The van der Waals surface area contributed by atoms with Crippen LogP contribution in [0.3, 0.4) is 0 Å². The highest BCUT2D eigenvalue weighted by atomic mass is 16.1. The topological polar surface area (TPSA) is 80.9 Å². The quantitative estimate of drug-likeness (QED) is 0.419. The minimum Gasteiger partial charge on any atom is -0.399 e. The Kier molecular flexibility index (Phi) is 5.85. The van der Waals surface area contributed by atoms with Crippen molar-refractivity contribution < 1.29 is 4.79 Å². The molecule has 0 saturated carbocycles. The number of amides is 1. The number of nitrogen functional groups attached to an aromatic ring is 1. The summed E-state index contributed by atoms with van der Waals surface area (Å²) in [6.45, 7) is 0. The average molecular weight is 435 g/mol. The van der Waals surface area contributed by atoms with Gasteiger partial charge in [0.15, 0.2) is 5.82 Å². The lowest BCUT2D eigenvalue weighted by Crippen LogP contribution is -2.19. The zero-order valence-corrected chi connectivity index (χ0v) is 18.4. The zero-order chi connectivity index (χ0) is 22.6. The average Bonchev–Trinajstić information content (AvgIpc) is 2.84. The van der Waals surface area contributed by atoms with Crippen LogP contribution in [0.4, 0.5) is 11.5 Å². The number of aryl methyl sites for hydroxylation is 3. The molecule has 0 unspecified atom stereocenters. The van der Waals surface area contributed by atoms with Crippen molar-refractivity contribution in [3.8, 4) is 11.3 Å². The van der Waals surface area contributed by atoms with E-state index >= 15 is 0 Å². The van der Waals surface area contributed by atoms with Gasteiger partial charge in [0.1, 0.15) is 0 Å². The van der Waals surface area contributed by atoms with Gasteiger partial charge in [0.05, 0.1) is 17.1 Å². The van der Waals surface area contributed by atoms with Gasteiger partial charge in [0, 0.05) is 24.1 Å². The van der Waals surface area contributed by atoms with Crippen molar-refractivity contribution in [1.29, 1.82) is 0 Å². The van der Waals surface area contributed by atoms with Crippen molar-refractivity contribution in [1.82, 2.24) is 9.97 Å². The SMILES string of the molecule is Nc1ccc2c(c1)CCc1nc(NC(=O)CCc3ccccc3)c(Cc3ccccc3)nc1-2. The molecule has 1 heterocycles. The Balaban J connectivity index is 1.46. The minimum absolute atomic E-state index is 0.0496. The molecule has 0 fully saturated rings. The summed E-state index contributed by atoms with van der Waals surface area (Å²) < 4.78 is 0. The second kappa shape index (κ2) is 9.25. The molecule has 0 radical (unpaired) electrons. The summed E-state index contributed by atoms with van der Waals surface area (Å²) in [7, 11) is 0. The predicted octanol–water partition coefficient (Wildman–Crippen LogP) is 4.99. The Morgan fingerprint density at radius 2 is 1.61 bits per heavy atom. The Labute approximate surface area is 193 Å². The van der Waals surface area contributed by atoms with Gasteiger partial charge in [0.2, 0.25) is 5.91 Å². The van der Waals surface area contributed by atoms with Crippen LogP contribution in [0.25, 0.3) is 11.3 Å². The van der Waals surface area contributed by atoms with E-state index < -0.39 is 0 Å². The first-order chi connectivity index (χ1) is 16.2. The largest absolute Gasteiger partial charge is 0.399 e. The highest BCUT2D eigenvalue weighted by molar-refractivity contribution is 5.90. The molecule has 1 aromatic heterocycles. The molecule has 0 bridgehead atoms. The van der Waals surface area contributed by atoms with Crippen molar-refractivity contribution in [2.24, 2.45) is 0 Å². The van der Waals surface area contributed by atoms with Crippen molar-refractivity contribution in [2.45, 2.75) is 32.1 Å². The van der Waals surface area contributed by atoms with Crippen molar-refractivity contribution in [3.05, 3.63) is 107 Å². The standard InChI is InChI=1S/C28H26N4O/c29-22-13-14-23-21(18-22)12-15-24-27(23)30-25(17-20-9-5-2-6-10-20)28(31-24)32-26(33)16-11-19-7-3-1-4-8-19/h1-10,13-14,18H,11-12,15-17,29H2,(H,31,32,33). The third-order valence-electron chi connectivity index (χ3n) is 6.01. The number of rotatable bonds is 6. The lowest BCUT2D eigenvalue weighted by Gasteiger charge is -2.21. The van der Waals surface area contributed by atoms with E-state index in [-0.39, 0.29) is 5.91 Å². The molecule has 0 saturated heterocycles. The Bertz CT molecular complexity index is 1290. The first kappa shape index (κ1) is 20.9. The number of anilines is 2. The summed E-state index contributed by atoms with van der Waals surface area (Å²) in [4.78, 5) is 22.7. The second-order valence-corrected chi connectivity index (χ2v) is 8.43. The Hall–Kier alpha value is -3.99. The van der Waals surface area contributed by atoms with Crippen LogP contribution in [0.15, 0.2) is 78.9 Å². The molecule has 1 amide bonds. The number of hydrogen-bond donors (Lipinski definition) is 2. The van der Waals surface area contributed by atoms with Gasteiger partial charge < -0.3 is 11.1 Å². The highest BCUT2D eigenvalue weighted by Gasteiger charge is 2.22. The van der Waals surface area contributed by atoms with Gasteiger partial charge in [-0.15, -0.1) is 0 Å². The van der Waals surface area contributed by atoms with Gasteiger partial charge in [-0.2, -0.15) is 0 Å². The number of hydrogen-bond acceptors (Lipinski definition) is 4. The third kappa shape index (κ3) is 4.77. The molecule has 1 aliphatic rings. The van der Waals surface area contributed by atoms with Crippen LogP contribution in [0.1, 0.15) is 34.5 Å². The van der Waals surface area contributed by atoms with Crippen molar-refractivity contribution in [3.63, 3.8) is 0 Å². The van der Waals surface area contributed by atoms with Gasteiger partial charge in [0.25, 0.3) is 0 Å². The molecule has 1 aliphatic carbocycles. The highest BCUT2D eigenvalue weighted by Crippen LogP contribution is 2.34. The fourth-order valence-corrected chi connectivity index (χ4v) is 4.31. The summed E-state index contributed by atoms with van der Waals surface area (Å²) in [6, 6.07) is 26.2. The number of carbonyl (C=O) groups excluding carboxylic acids is 1. The minimum atomic E-state index is -0.0496. The molecule has 5 rings (SSSR count). The molecular formula is C28H26N4O. The number of nitrogens with two attached hydrogens (primary N) is 1. The first-order valence-electron chi connectivity index (χ1n) is 11.3. The monoisotopic (exact) mass is 434 g/mol. The predicted molar refractivity (Wildman–Crippen MR) is 132 cm³/mol. The summed E-state index contributed by atoms with van der Waals surface area (Å²) >= 11 is 0. The summed E-state index contributed by atoms with van der Waals surface area (Å²) in [5.41, 5.74) is 13.9. The molecule has 3 N–H and O–H groups in total. The lowest BCUT2D eigenvalue weighted by atomic mass is 9.91. The van der Waals surface area contributed by atoms with E-state index in [2.05, 4.69) is 17.4 Å². The van der Waals surface area contributed by atoms with Gasteiger partial charge in [-0.05, 0) is 48.1 Å². The van der Waals surface area contributed by atoms with Gasteiger partial charge >= 0.3 is 0 Å². The normalized spacial score (nSPS) is 12.0. The molecule has 0 aliphatic heterocycles. The summed E-state index contributed by atoms with van der Waals surface area (Å²) in [5.74, 6) is 0.515. The molecule has 33 heavy (non-hydrogen) atoms. The third-order valence-corrected chi connectivity index (χ3v) is 6.01. The Morgan fingerprint density at radius 3 is 2.36 bits per heavy atom. The molecule has 4 aromatic rings. The van der Waals surface area contributed by atoms with Gasteiger partial charge in [-0.1, -0.05) is 66.7 Å². The maximum atomic E-state index is 12.8. The Morgan fingerprint density at radius 1 is 0.879 bits per heavy atom. The van der Waals surface area contributed by atoms with Crippen LogP contribution in [0, 0.1) is 0 Å². The number of nitrogens with one attached hydrogen (secondary N) is 1. The number of fused-ring (bicyclic) bond motifs is 3. The zero-order valence-electron chi connectivity index (χ0n) is 18.4. The molecule has 0 atom stereocenters. The van der Waals surface area contributed by atoms with Crippen LogP contribution in [-0.4, -0.2) is 15.9 Å². The van der Waals surface area contributed by atoms with E-state index in [1.807, 2.05) is 66.7 Å². The first-order valence-corrected chi connectivity index (χ1v) is 11.3. The van der Waals surface area contributed by atoms with E-state index in [1.54, 1.807) is 0 Å².